The smallest absolute Gasteiger partial charge is 0.311 e. The lowest BCUT2D eigenvalue weighted by Gasteiger charge is -2.17. The molecule has 1 atom stereocenters. The number of esters is 1. The molecule has 0 saturated carbocycles. The Balaban J connectivity index is 1.59. The van der Waals surface area contributed by atoms with Gasteiger partial charge in [-0.1, -0.05) is 40.2 Å². The van der Waals surface area contributed by atoms with Crippen LogP contribution < -0.4 is 4.90 Å². The summed E-state index contributed by atoms with van der Waals surface area (Å²) in [6.45, 7) is -0.365. The minimum Gasteiger partial charge on any atom is -0.457 e. The molecule has 1 fully saturated rings. The summed E-state index contributed by atoms with van der Waals surface area (Å²) in [5.74, 6) is -2.57. The number of nitrogens with zero attached hydrogens (tertiary/aromatic N) is 1. The zero-order chi connectivity index (χ0) is 18.7. The molecule has 2 aromatic carbocycles. The van der Waals surface area contributed by atoms with Crippen LogP contribution >= 0.6 is 15.9 Å². The lowest BCUT2D eigenvalue weighted by molar-refractivity contribution is -0.147. The lowest BCUT2D eigenvalue weighted by Crippen LogP contribution is -2.27. The third-order valence-corrected chi connectivity index (χ3v) is 4.64. The molecule has 3 rings (SSSR count). The fourth-order valence-corrected chi connectivity index (χ4v) is 3.01. The molecule has 7 heteroatoms. The first-order valence-corrected chi connectivity index (χ1v) is 8.75. The van der Waals surface area contributed by atoms with Crippen molar-refractivity contribution in [1.29, 1.82) is 0 Å². The van der Waals surface area contributed by atoms with Gasteiger partial charge in [0.2, 0.25) is 5.91 Å². The maximum atomic E-state index is 13.9. The second-order valence-corrected chi connectivity index (χ2v) is 6.81. The standard InChI is InChI=1S/C19H15BrFNO4/c20-14-7-5-12(6-8-14)17(23)11-26-19(25)13-9-18(24)22(10-13)16-4-2-1-3-15(16)21/h1-8,13H,9-11H2/t13-/m1/s1. The van der Waals surface area contributed by atoms with Gasteiger partial charge < -0.3 is 9.64 Å². The number of carbonyl (C=O) groups is 3. The maximum Gasteiger partial charge on any atom is 0.311 e. The van der Waals surface area contributed by atoms with Crippen LogP contribution in [0, 0.1) is 11.7 Å². The Morgan fingerprint density at radius 1 is 1.15 bits per heavy atom. The number of rotatable bonds is 5. The first-order valence-electron chi connectivity index (χ1n) is 7.96. The number of halogens is 2. The number of carbonyl (C=O) groups excluding carboxylic acids is 3. The van der Waals surface area contributed by atoms with Gasteiger partial charge in [0.15, 0.2) is 12.4 Å². The van der Waals surface area contributed by atoms with Crippen molar-refractivity contribution in [1.82, 2.24) is 0 Å². The second-order valence-electron chi connectivity index (χ2n) is 5.89. The highest BCUT2D eigenvalue weighted by Gasteiger charge is 2.37. The summed E-state index contributed by atoms with van der Waals surface area (Å²) in [5.41, 5.74) is 0.565. The number of para-hydroxylation sites is 1. The Kier molecular flexibility index (Phi) is 5.46. The molecule has 1 amide bonds. The summed E-state index contributed by atoms with van der Waals surface area (Å²) in [6, 6.07) is 12.6. The number of Topliss-reactive ketones (excluding diaryl/α,β-unsaturated/α-hetero) is 1. The van der Waals surface area contributed by atoms with Crippen LogP contribution in [0.5, 0.6) is 0 Å². The quantitative estimate of drug-likeness (QED) is 0.550. The van der Waals surface area contributed by atoms with E-state index in [4.69, 9.17) is 4.74 Å². The van der Waals surface area contributed by atoms with Gasteiger partial charge in [-0.25, -0.2) is 4.39 Å². The lowest BCUT2D eigenvalue weighted by atomic mass is 10.1. The summed E-state index contributed by atoms with van der Waals surface area (Å²) < 4.78 is 19.8. The third kappa shape index (κ3) is 3.99. The van der Waals surface area contributed by atoms with Crippen LogP contribution in [0.15, 0.2) is 53.0 Å². The van der Waals surface area contributed by atoms with Gasteiger partial charge >= 0.3 is 5.97 Å². The van der Waals surface area contributed by atoms with Crippen LogP contribution in [0.2, 0.25) is 0 Å². The number of amides is 1. The van der Waals surface area contributed by atoms with Gasteiger partial charge in [-0.05, 0) is 24.3 Å². The number of hydrogen-bond acceptors (Lipinski definition) is 4. The van der Waals surface area contributed by atoms with E-state index in [1.54, 1.807) is 30.3 Å². The topological polar surface area (TPSA) is 63.7 Å². The SMILES string of the molecule is O=C(COC(=O)[C@@H]1CC(=O)N(c2ccccc2F)C1)c1ccc(Br)cc1. The van der Waals surface area contributed by atoms with E-state index >= 15 is 0 Å². The minimum atomic E-state index is -0.722. The Morgan fingerprint density at radius 3 is 2.54 bits per heavy atom. The number of benzene rings is 2. The summed E-state index contributed by atoms with van der Waals surface area (Å²) in [7, 11) is 0. The van der Waals surface area contributed by atoms with E-state index in [0.29, 0.717) is 5.56 Å². The molecule has 134 valence electrons. The number of ketones is 1. The van der Waals surface area contributed by atoms with Crippen molar-refractivity contribution in [3.8, 4) is 0 Å². The van der Waals surface area contributed by atoms with E-state index < -0.39 is 24.3 Å². The van der Waals surface area contributed by atoms with E-state index in [1.165, 1.54) is 23.1 Å². The average molecular weight is 420 g/mol. The van der Waals surface area contributed by atoms with Crippen molar-refractivity contribution in [2.45, 2.75) is 6.42 Å². The van der Waals surface area contributed by atoms with Gasteiger partial charge in [-0.2, -0.15) is 0 Å². The first kappa shape index (κ1) is 18.3. The second kappa shape index (κ2) is 7.78. The van der Waals surface area contributed by atoms with Crippen molar-refractivity contribution in [2.75, 3.05) is 18.1 Å². The molecule has 2 aromatic rings. The number of hydrogen-bond donors (Lipinski definition) is 0. The van der Waals surface area contributed by atoms with Crippen LogP contribution in [-0.2, 0) is 14.3 Å². The normalized spacial score (nSPS) is 16.6. The highest BCUT2D eigenvalue weighted by molar-refractivity contribution is 9.10. The minimum absolute atomic E-state index is 0.0328. The van der Waals surface area contributed by atoms with Gasteiger partial charge in [0.05, 0.1) is 11.6 Å². The molecule has 1 aliphatic rings. The van der Waals surface area contributed by atoms with Crippen molar-refractivity contribution in [2.24, 2.45) is 5.92 Å². The van der Waals surface area contributed by atoms with E-state index in [0.717, 1.165) is 4.47 Å². The fourth-order valence-electron chi connectivity index (χ4n) is 2.74. The van der Waals surface area contributed by atoms with Gasteiger partial charge in [0.1, 0.15) is 5.82 Å². The molecule has 0 radical (unpaired) electrons. The molecule has 0 aromatic heterocycles. The molecular weight excluding hydrogens is 405 g/mol. The highest BCUT2D eigenvalue weighted by atomic mass is 79.9. The molecule has 0 unspecified atom stereocenters. The van der Waals surface area contributed by atoms with E-state index in [1.807, 2.05) is 0 Å². The van der Waals surface area contributed by atoms with Gasteiger partial charge in [-0.15, -0.1) is 0 Å². The molecule has 0 aliphatic carbocycles. The maximum absolute atomic E-state index is 13.9. The largest absolute Gasteiger partial charge is 0.457 e. The highest BCUT2D eigenvalue weighted by Crippen LogP contribution is 2.27. The Bertz CT molecular complexity index is 853. The van der Waals surface area contributed by atoms with Gasteiger partial charge in [0, 0.05) is 23.0 Å². The third-order valence-electron chi connectivity index (χ3n) is 4.11. The molecular formula is C19H15BrFNO4. The molecule has 0 bridgehead atoms. The monoisotopic (exact) mass is 419 g/mol. The van der Waals surface area contributed by atoms with Gasteiger partial charge in [-0.3, -0.25) is 14.4 Å². The Morgan fingerprint density at radius 2 is 1.85 bits per heavy atom. The number of anilines is 1. The van der Waals surface area contributed by atoms with Crippen molar-refractivity contribution in [3.63, 3.8) is 0 Å². The predicted octanol–water partition coefficient (Wildman–Crippen LogP) is 3.37. The van der Waals surface area contributed by atoms with E-state index in [9.17, 15) is 18.8 Å². The Labute approximate surface area is 157 Å². The molecule has 1 saturated heterocycles. The molecule has 1 aliphatic heterocycles. The zero-order valence-electron chi connectivity index (χ0n) is 13.7. The van der Waals surface area contributed by atoms with E-state index in [2.05, 4.69) is 15.9 Å². The summed E-state index contributed by atoms with van der Waals surface area (Å²) in [6.07, 6.45) is -0.0698. The van der Waals surface area contributed by atoms with Crippen molar-refractivity contribution < 1.29 is 23.5 Å². The average Bonchev–Trinajstić information content (AvgIpc) is 3.02. The fraction of sp³-hybridized carbons (Fsp3) is 0.211. The summed E-state index contributed by atoms with van der Waals surface area (Å²) >= 11 is 3.28. The summed E-state index contributed by atoms with van der Waals surface area (Å²) in [5, 5.41) is 0. The van der Waals surface area contributed by atoms with Crippen LogP contribution in [-0.4, -0.2) is 30.8 Å². The van der Waals surface area contributed by atoms with Crippen molar-refractivity contribution >= 4 is 39.3 Å². The molecule has 1 heterocycles. The van der Waals surface area contributed by atoms with Crippen molar-refractivity contribution in [3.05, 3.63) is 64.4 Å². The van der Waals surface area contributed by atoms with Crippen LogP contribution in [0.3, 0.4) is 0 Å². The molecule has 5 nitrogen and oxygen atoms in total. The van der Waals surface area contributed by atoms with Crippen LogP contribution in [0.25, 0.3) is 0 Å². The first-order chi connectivity index (χ1) is 12.5. The summed E-state index contributed by atoms with van der Waals surface area (Å²) in [4.78, 5) is 37.6. The molecule has 26 heavy (non-hydrogen) atoms. The van der Waals surface area contributed by atoms with Gasteiger partial charge in [0.25, 0.3) is 0 Å². The Hall–Kier alpha value is -2.54. The predicted molar refractivity (Wildman–Crippen MR) is 96.3 cm³/mol. The van der Waals surface area contributed by atoms with Crippen LogP contribution in [0.4, 0.5) is 10.1 Å². The molecule has 0 spiro atoms. The number of ether oxygens (including phenoxy) is 1. The molecule has 0 N–H and O–H groups in total. The van der Waals surface area contributed by atoms with Crippen LogP contribution in [0.1, 0.15) is 16.8 Å². The zero-order valence-corrected chi connectivity index (χ0v) is 15.2. The van der Waals surface area contributed by atoms with E-state index in [-0.39, 0.29) is 30.3 Å².